The van der Waals surface area contributed by atoms with Gasteiger partial charge in [-0.2, -0.15) is 0 Å². The Hall–Kier alpha value is -3.50. The fourth-order valence-corrected chi connectivity index (χ4v) is 2.60. The summed E-state index contributed by atoms with van der Waals surface area (Å²) in [5.41, 5.74) is 3.26. The van der Waals surface area contributed by atoms with Crippen LogP contribution in [-0.2, 0) is 0 Å². The summed E-state index contributed by atoms with van der Waals surface area (Å²) in [6, 6.07) is 11.2. The number of rotatable bonds is 2. The largest absolute Gasteiger partial charge is 0.361 e. The summed E-state index contributed by atoms with van der Waals surface area (Å²) in [4.78, 5) is 16.3. The lowest BCUT2D eigenvalue weighted by molar-refractivity contribution is 0.0976. The van der Waals surface area contributed by atoms with Gasteiger partial charge in [0.2, 0.25) is 0 Å². The molecule has 6 nitrogen and oxygen atoms in total. The fraction of sp³-hybridized carbons (Fsp3) is 0.100. The van der Waals surface area contributed by atoms with Gasteiger partial charge in [-0.15, -0.1) is 0 Å². The van der Waals surface area contributed by atoms with Crippen LogP contribution in [0.2, 0.25) is 0 Å². The number of aryl methyl sites for hydroxylation is 2. The van der Waals surface area contributed by atoms with Gasteiger partial charge in [0.1, 0.15) is 11.3 Å². The van der Waals surface area contributed by atoms with Crippen molar-refractivity contribution in [3.05, 3.63) is 76.9 Å². The molecule has 2 N–H and O–H groups in total. The highest BCUT2D eigenvalue weighted by Crippen LogP contribution is 2.13. The van der Waals surface area contributed by atoms with Gasteiger partial charge in [-0.1, -0.05) is 23.1 Å². The smallest absolute Gasteiger partial charge is 0.262 e. The number of hydrogen-bond acceptors (Lipinski definition) is 5. The zero-order chi connectivity index (χ0) is 19.2. The lowest BCUT2D eigenvalue weighted by Crippen LogP contribution is -2.34. The standard InChI is InChI=1S/C20H16N4O2S/c1-13-18(14(2)26-24-13)19(25)23-20(27)22-17-7-3-5-15(11-17)8-9-16-6-4-10-21-12-16/h3-7,10-12H,1-2H3,(H2,22,23,25,27). The minimum Gasteiger partial charge on any atom is -0.361 e. The highest BCUT2D eigenvalue weighted by atomic mass is 32.1. The van der Waals surface area contributed by atoms with Gasteiger partial charge < -0.3 is 9.84 Å². The van der Waals surface area contributed by atoms with Crippen molar-refractivity contribution in [2.24, 2.45) is 0 Å². The van der Waals surface area contributed by atoms with Gasteiger partial charge in [-0.25, -0.2) is 0 Å². The van der Waals surface area contributed by atoms with Crippen molar-refractivity contribution in [2.75, 3.05) is 5.32 Å². The molecular weight excluding hydrogens is 360 g/mol. The van der Waals surface area contributed by atoms with Gasteiger partial charge in [0.25, 0.3) is 5.91 Å². The predicted octanol–water partition coefficient (Wildman–Crippen LogP) is 3.21. The van der Waals surface area contributed by atoms with E-state index in [9.17, 15) is 4.79 Å². The Morgan fingerprint density at radius 3 is 2.63 bits per heavy atom. The Bertz CT molecular complexity index is 1030. The fourth-order valence-electron chi connectivity index (χ4n) is 2.39. The summed E-state index contributed by atoms with van der Waals surface area (Å²) in [6.45, 7) is 3.38. The second-order valence-corrected chi connectivity index (χ2v) is 6.09. The summed E-state index contributed by atoms with van der Waals surface area (Å²) < 4.78 is 5.00. The highest BCUT2D eigenvalue weighted by Gasteiger charge is 2.18. The summed E-state index contributed by atoms with van der Waals surface area (Å²) in [5.74, 6) is 6.20. The average molecular weight is 376 g/mol. The number of nitrogens with one attached hydrogen (secondary N) is 2. The molecule has 0 aliphatic rings. The number of pyridine rings is 1. The molecule has 27 heavy (non-hydrogen) atoms. The van der Waals surface area contributed by atoms with E-state index in [0.717, 1.165) is 16.8 Å². The maximum Gasteiger partial charge on any atom is 0.262 e. The minimum atomic E-state index is -0.365. The predicted molar refractivity (Wildman–Crippen MR) is 106 cm³/mol. The molecule has 1 amide bonds. The number of aromatic nitrogens is 2. The number of thiocarbonyl (C=S) groups is 1. The molecular formula is C20H16N4O2S. The summed E-state index contributed by atoms with van der Waals surface area (Å²) in [7, 11) is 0. The second kappa shape index (κ2) is 8.25. The van der Waals surface area contributed by atoms with Crippen LogP contribution in [-0.4, -0.2) is 21.2 Å². The van der Waals surface area contributed by atoms with Crippen LogP contribution in [0.1, 0.15) is 32.9 Å². The van der Waals surface area contributed by atoms with Crippen LogP contribution in [0.4, 0.5) is 5.69 Å². The van der Waals surface area contributed by atoms with E-state index < -0.39 is 0 Å². The van der Waals surface area contributed by atoms with E-state index in [1.54, 1.807) is 26.2 Å². The zero-order valence-corrected chi connectivity index (χ0v) is 15.6. The van der Waals surface area contributed by atoms with Crippen molar-refractivity contribution >= 4 is 28.9 Å². The van der Waals surface area contributed by atoms with E-state index in [1.807, 2.05) is 36.4 Å². The molecule has 0 saturated carbocycles. The van der Waals surface area contributed by atoms with E-state index in [1.165, 1.54) is 0 Å². The van der Waals surface area contributed by atoms with Crippen LogP contribution in [0.5, 0.6) is 0 Å². The van der Waals surface area contributed by atoms with Gasteiger partial charge in [-0.3, -0.25) is 15.1 Å². The van der Waals surface area contributed by atoms with Crippen LogP contribution in [0, 0.1) is 25.7 Å². The molecule has 0 unspecified atom stereocenters. The maximum atomic E-state index is 12.3. The van der Waals surface area contributed by atoms with Crippen molar-refractivity contribution in [1.82, 2.24) is 15.5 Å². The lowest BCUT2D eigenvalue weighted by atomic mass is 10.2. The van der Waals surface area contributed by atoms with Crippen molar-refractivity contribution in [2.45, 2.75) is 13.8 Å². The quantitative estimate of drug-likeness (QED) is 0.528. The zero-order valence-electron chi connectivity index (χ0n) is 14.7. The van der Waals surface area contributed by atoms with E-state index >= 15 is 0 Å². The first kappa shape index (κ1) is 18.3. The molecule has 0 spiro atoms. The summed E-state index contributed by atoms with van der Waals surface area (Å²) >= 11 is 5.22. The molecule has 3 rings (SSSR count). The van der Waals surface area contributed by atoms with E-state index in [-0.39, 0.29) is 11.0 Å². The first-order valence-corrected chi connectivity index (χ1v) is 8.51. The molecule has 134 valence electrons. The first-order valence-electron chi connectivity index (χ1n) is 8.10. The normalized spacial score (nSPS) is 9.85. The molecule has 0 saturated heterocycles. The average Bonchev–Trinajstić information content (AvgIpc) is 2.99. The third-order valence-corrected chi connectivity index (χ3v) is 3.82. The Balaban J connectivity index is 1.67. The van der Waals surface area contributed by atoms with Crippen LogP contribution in [0.25, 0.3) is 0 Å². The van der Waals surface area contributed by atoms with E-state index in [0.29, 0.717) is 17.0 Å². The van der Waals surface area contributed by atoms with E-state index in [4.69, 9.17) is 16.7 Å². The molecule has 7 heteroatoms. The SMILES string of the molecule is Cc1noc(C)c1C(=O)NC(=S)Nc1cccc(C#Cc2cccnc2)c1. The third kappa shape index (κ3) is 4.77. The molecule has 0 fully saturated rings. The molecule has 3 aromatic rings. The molecule has 0 atom stereocenters. The Morgan fingerprint density at radius 1 is 1.15 bits per heavy atom. The molecule has 0 bridgehead atoms. The second-order valence-electron chi connectivity index (χ2n) is 5.68. The number of nitrogens with zero attached hydrogens (tertiary/aromatic N) is 2. The number of carbonyl (C=O) groups is 1. The van der Waals surface area contributed by atoms with Crippen molar-refractivity contribution in [1.29, 1.82) is 0 Å². The first-order chi connectivity index (χ1) is 13.0. The number of carbonyl (C=O) groups excluding carboxylic acids is 1. The minimum absolute atomic E-state index is 0.178. The molecule has 2 aromatic heterocycles. The monoisotopic (exact) mass is 376 g/mol. The molecule has 2 heterocycles. The van der Waals surface area contributed by atoms with Crippen LogP contribution < -0.4 is 10.6 Å². The number of benzene rings is 1. The van der Waals surface area contributed by atoms with Gasteiger partial charge in [0, 0.05) is 29.2 Å². The van der Waals surface area contributed by atoms with Crippen molar-refractivity contribution in [3.8, 4) is 11.8 Å². The van der Waals surface area contributed by atoms with Crippen molar-refractivity contribution < 1.29 is 9.32 Å². The molecule has 0 radical (unpaired) electrons. The molecule has 0 aliphatic heterocycles. The summed E-state index contributed by atoms with van der Waals surface area (Å²) in [6.07, 6.45) is 3.40. The Labute approximate surface area is 162 Å². The summed E-state index contributed by atoms with van der Waals surface area (Å²) in [5, 5.41) is 9.55. The number of anilines is 1. The van der Waals surface area contributed by atoms with Gasteiger partial charge in [0.15, 0.2) is 5.11 Å². The maximum absolute atomic E-state index is 12.3. The topological polar surface area (TPSA) is 80.0 Å². The van der Waals surface area contributed by atoms with E-state index in [2.05, 4.69) is 32.6 Å². The van der Waals surface area contributed by atoms with Gasteiger partial charge in [0.05, 0.1) is 5.69 Å². The Kier molecular flexibility index (Phi) is 5.59. The van der Waals surface area contributed by atoms with Gasteiger partial charge in [-0.05, 0) is 56.4 Å². The number of amides is 1. The molecule has 0 aliphatic carbocycles. The van der Waals surface area contributed by atoms with Crippen LogP contribution >= 0.6 is 12.2 Å². The van der Waals surface area contributed by atoms with Crippen LogP contribution in [0.15, 0.2) is 53.3 Å². The third-order valence-electron chi connectivity index (χ3n) is 3.62. The highest BCUT2D eigenvalue weighted by molar-refractivity contribution is 7.80. The lowest BCUT2D eigenvalue weighted by Gasteiger charge is -2.09. The number of hydrogen-bond donors (Lipinski definition) is 2. The molecule has 1 aromatic carbocycles. The van der Waals surface area contributed by atoms with Gasteiger partial charge >= 0.3 is 0 Å². The van der Waals surface area contributed by atoms with Crippen LogP contribution in [0.3, 0.4) is 0 Å². The Morgan fingerprint density at radius 2 is 1.93 bits per heavy atom. The van der Waals surface area contributed by atoms with Crippen molar-refractivity contribution in [3.63, 3.8) is 0 Å².